The van der Waals surface area contributed by atoms with Crippen LogP contribution in [0.2, 0.25) is 0 Å². The number of hydrogen-bond acceptors (Lipinski definition) is 2. The minimum atomic E-state index is -0.342. The second-order valence-corrected chi connectivity index (χ2v) is 14.6. The van der Waals surface area contributed by atoms with Crippen LogP contribution in [0.25, 0.3) is 43.4 Å². The second-order valence-electron chi connectivity index (χ2n) is 14.6. The van der Waals surface area contributed by atoms with Gasteiger partial charge in [0.25, 0.3) is 0 Å². The topological polar surface area (TPSA) is 6.48 Å². The number of nitrogens with zero attached hydrogens (tertiary/aromatic N) is 2. The van der Waals surface area contributed by atoms with E-state index in [2.05, 4.69) is 218 Å². The maximum atomic E-state index is 2.49. The van der Waals surface area contributed by atoms with Gasteiger partial charge in [-0.25, -0.2) is 0 Å². The molecule has 0 N–H and O–H groups in total. The first kappa shape index (κ1) is 31.1. The fourth-order valence-corrected chi connectivity index (χ4v) is 8.74. The van der Waals surface area contributed by atoms with E-state index >= 15 is 0 Å². The third-order valence-corrected chi connectivity index (χ3v) is 11.2. The van der Waals surface area contributed by atoms with E-state index < -0.39 is 0 Å². The van der Waals surface area contributed by atoms with Crippen LogP contribution in [0, 0.1) is 0 Å². The van der Waals surface area contributed by atoms with Gasteiger partial charge in [-0.05, 0) is 115 Å². The largest absolute Gasteiger partial charge is 0.310 e. The molecule has 2 heteroatoms. The Hall–Kier alpha value is -6.64. The number of para-hydroxylation sites is 2. The summed E-state index contributed by atoms with van der Waals surface area (Å²) in [6.45, 7) is 4.84. The molecule has 53 heavy (non-hydrogen) atoms. The van der Waals surface area contributed by atoms with Crippen LogP contribution in [0.1, 0.15) is 25.0 Å². The standard InChI is InChI=1S/C51H38N2/c1-51(2)46-34-40(52(37-18-8-4-9-19-37)38-20-10-5-11-21-38)30-32-47(46)53(39-28-26-36(27-29-39)35-16-6-3-7-17-35)48-33-31-45-43-24-13-12-22-41(43)42-23-14-15-25-44(42)49(45)50(48)51/h3-34H,1-2H3. The third-order valence-electron chi connectivity index (χ3n) is 11.2. The van der Waals surface area contributed by atoms with Gasteiger partial charge >= 0.3 is 0 Å². The van der Waals surface area contributed by atoms with Gasteiger partial charge in [0.2, 0.25) is 0 Å². The Morgan fingerprint density at radius 1 is 0.396 bits per heavy atom. The van der Waals surface area contributed by atoms with Gasteiger partial charge < -0.3 is 9.80 Å². The van der Waals surface area contributed by atoms with Crippen molar-refractivity contribution in [1.82, 2.24) is 0 Å². The lowest BCUT2D eigenvalue weighted by Crippen LogP contribution is -2.31. The molecule has 0 aliphatic carbocycles. The number of benzene rings is 9. The molecule has 9 aromatic carbocycles. The van der Waals surface area contributed by atoms with Gasteiger partial charge in [0.15, 0.2) is 0 Å². The van der Waals surface area contributed by atoms with E-state index in [0.29, 0.717) is 0 Å². The molecule has 0 radical (unpaired) electrons. The fourth-order valence-electron chi connectivity index (χ4n) is 8.74. The maximum absolute atomic E-state index is 2.49. The molecule has 0 fully saturated rings. The second kappa shape index (κ2) is 12.3. The molecule has 0 atom stereocenters. The van der Waals surface area contributed by atoms with Gasteiger partial charge in [0.1, 0.15) is 0 Å². The summed E-state index contributed by atoms with van der Waals surface area (Å²) in [5.74, 6) is 0. The van der Waals surface area contributed by atoms with Gasteiger partial charge in [0.05, 0.1) is 11.4 Å². The Labute approximate surface area is 310 Å². The molecule has 252 valence electrons. The van der Waals surface area contributed by atoms with Crippen LogP contribution in [-0.4, -0.2) is 0 Å². The summed E-state index contributed by atoms with van der Waals surface area (Å²) in [6, 6.07) is 70.8. The molecule has 0 spiro atoms. The minimum absolute atomic E-state index is 0.342. The van der Waals surface area contributed by atoms with E-state index in [1.165, 1.54) is 65.9 Å². The smallest absolute Gasteiger partial charge is 0.0509 e. The van der Waals surface area contributed by atoms with Crippen LogP contribution in [0.15, 0.2) is 194 Å². The SMILES string of the molecule is CC1(C)c2cc(N(c3ccccc3)c3ccccc3)ccc2N(c2ccc(-c3ccccc3)cc2)c2ccc3c4ccccc4c4ccccc4c3c21. The van der Waals surface area contributed by atoms with Crippen molar-refractivity contribution >= 4 is 66.4 Å². The summed E-state index contributed by atoms with van der Waals surface area (Å²) < 4.78 is 0. The predicted octanol–water partition coefficient (Wildman–Crippen LogP) is 14.4. The highest BCUT2D eigenvalue weighted by atomic mass is 15.2. The van der Waals surface area contributed by atoms with E-state index in [-0.39, 0.29) is 5.41 Å². The normalized spacial score (nSPS) is 13.2. The molecule has 9 aromatic rings. The first-order chi connectivity index (χ1) is 26.1. The molecule has 1 heterocycles. The maximum Gasteiger partial charge on any atom is 0.0509 e. The molecule has 0 bridgehead atoms. The quantitative estimate of drug-likeness (QED) is 0.167. The molecule has 0 unspecified atom stereocenters. The van der Waals surface area contributed by atoms with Crippen molar-refractivity contribution in [2.75, 3.05) is 9.80 Å². The summed E-state index contributed by atoms with van der Waals surface area (Å²) in [6.07, 6.45) is 0. The Morgan fingerprint density at radius 3 is 1.47 bits per heavy atom. The van der Waals surface area contributed by atoms with Crippen LogP contribution in [0.5, 0.6) is 0 Å². The Balaban J connectivity index is 1.27. The fraction of sp³-hybridized carbons (Fsp3) is 0.0588. The van der Waals surface area contributed by atoms with Crippen molar-refractivity contribution in [3.63, 3.8) is 0 Å². The van der Waals surface area contributed by atoms with E-state index in [0.717, 1.165) is 22.7 Å². The van der Waals surface area contributed by atoms with Gasteiger partial charge in [-0.15, -0.1) is 0 Å². The molecule has 0 amide bonds. The van der Waals surface area contributed by atoms with Crippen LogP contribution in [0.4, 0.5) is 34.1 Å². The van der Waals surface area contributed by atoms with E-state index in [1.807, 2.05) is 0 Å². The summed E-state index contributed by atoms with van der Waals surface area (Å²) in [5.41, 5.74) is 11.7. The first-order valence-corrected chi connectivity index (χ1v) is 18.4. The van der Waals surface area contributed by atoms with Crippen molar-refractivity contribution in [1.29, 1.82) is 0 Å². The van der Waals surface area contributed by atoms with Crippen molar-refractivity contribution < 1.29 is 0 Å². The summed E-state index contributed by atoms with van der Waals surface area (Å²) in [7, 11) is 0. The van der Waals surface area contributed by atoms with Crippen molar-refractivity contribution in [2.45, 2.75) is 19.3 Å². The molecule has 1 aliphatic rings. The lowest BCUT2D eigenvalue weighted by molar-refractivity contribution is 0.638. The Morgan fingerprint density at radius 2 is 0.868 bits per heavy atom. The summed E-state index contributed by atoms with van der Waals surface area (Å²) in [5, 5.41) is 7.78. The van der Waals surface area contributed by atoms with Crippen LogP contribution < -0.4 is 9.80 Å². The summed E-state index contributed by atoms with van der Waals surface area (Å²) in [4.78, 5) is 4.87. The number of hydrogen-bond donors (Lipinski definition) is 0. The Kier molecular flexibility index (Phi) is 7.19. The zero-order valence-corrected chi connectivity index (χ0v) is 29.9. The Bertz CT molecular complexity index is 2710. The summed E-state index contributed by atoms with van der Waals surface area (Å²) >= 11 is 0. The van der Waals surface area contributed by atoms with Crippen molar-refractivity contribution in [3.8, 4) is 11.1 Å². The van der Waals surface area contributed by atoms with Crippen molar-refractivity contribution in [3.05, 3.63) is 205 Å². The van der Waals surface area contributed by atoms with E-state index in [4.69, 9.17) is 0 Å². The first-order valence-electron chi connectivity index (χ1n) is 18.4. The molecular weight excluding hydrogens is 641 g/mol. The van der Waals surface area contributed by atoms with Crippen LogP contribution in [0.3, 0.4) is 0 Å². The predicted molar refractivity (Wildman–Crippen MR) is 226 cm³/mol. The van der Waals surface area contributed by atoms with Gasteiger partial charge in [-0.3, -0.25) is 0 Å². The number of rotatable bonds is 5. The van der Waals surface area contributed by atoms with Gasteiger partial charge in [0, 0.05) is 28.2 Å². The average molecular weight is 679 g/mol. The van der Waals surface area contributed by atoms with E-state index in [1.54, 1.807) is 0 Å². The molecule has 2 nitrogen and oxygen atoms in total. The molecule has 0 saturated heterocycles. The number of fused-ring (bicyclic) bond motifs is 9. The number of anilines is 6. The highest BCUT2D eigenvalue weighted by molar-refractivity contribution is 6.27. The molecule has 0 saturated carbocycles. The third kappa shape index (κ3) is 4.94. The molecule has 0 aromatic heterocycles. The molecular formula is C51H38N2. The monoisotopic (exact) mass is 678 g/mol. The zero-order valence-electron chi connectivity index (χ0n) is 29.9. The molecule has 1 aliphatic heterocycles. The van der Waals surface area contributed by atoms with Crippen molar-refractivity contribution in [2.24, 2.45) is 0 Å². The lowest BCUT2D eigenvalue weighted by atomic mass is 9.70. The molecule has 10 rings (SSSR count). The zero-order chi connectivity index (χ0) is 35.5. The van der Waals surface area contributed by atoms with Gasteiger partial charge in [-0.1, -0.05) is 147 Å². The van der Waals surface area contributed by atoms with Crippen LogP contribution in [-0.2, 0) is 5.41 Å². The van der Waals surface area contributed by atoms with Crippen LogP contribution >= 0.6 is 0 Å². The highest BCUT2D eigenvalue weighted by Gasteiger charge is 2.39. The lowest BCUT2D eigenvalue weighted by Gasteiger charge is -2.43. The van der Waals surface area contributed by atoms with E-state index in [9.17, 15) is 0 Å². The average Bonchev–Trinajstić information content (AvgIpc) is 3.22. The minimum Gasteiger partial charge on any atom is -0.310 e. The highest BCUT2D eigenvalue weighted by Crippen LogP contribution is 2.56. The van der Waals surface area contributed by atoms with Gasteiger partial charge in [-0.2, -0.15) is 0 Å².